The predicted molar refractivity (Wildman–Crippen MR) is 166 cm³/mol. The van der Waals surface area contributed by atoms with Crippen LogP contribution in [-0.2, 0) is 10.0 Å². The second-order valence-electron chi connectivity index (χ2n) is 10.3. The molecule has 10 heteroatoms. The Morgan fingerprint density at radius 1 is 0.881 bits per heavy atom. The van der Waals surface area contributed by atoms with Crippen molar-refractivity contribution in [3.8, 4) is 11.1 Å². The summed E-state index contributed by atoms with van der Waals surface area (Å²) in [6, 6.07) is 25.1. The molecule has 1 aliphatic heterocycles. The SMILES string of the molecule is CC(c1ccccc1)N1CCN(c2ccnc3ccc(-c4cnc(Cl)c(NS(=O)(=O)c5ccc(F)cc5)c4)cc23)CC1. The maximum Gasteiger partial charge on any atom is 0.261 e. The highest BCUT2D eigenvalue weighted by Gasteiger charge is 2.23. The minimum absolute atomic E-state index is 0.00943. The maximum absolute atomic E-state index is 13.3. The largest absolute Gasteiger partial charge is 0.368 e. The number of rotatable bonds is 7. The number of fused-ring (bicyclic) bond motifs is 1. The number of anilines is 2. The lowest BCUT2D eigenvalue weighted by Gasteiger charge is -2.39. The van der Waals surface area contributed by atoms with Crippen molar-refractivity contribution in [3.63, 3.8) is 0 Å². The Labute approximate surface area is 249 Å². The average molecular weight is 602 g/mol. The molecule has 0 amide bonds. The van der Waals surface area contributed by atoms with Gasteiger partial charge in [-0.1, -0.05) is 48.0 Å². The molecular weight excluding hydrogens is 573 g/mol. The van der Waals surface area contributed by atoms with E-state index < -0.39 is 15.8 Å². The van der Waals surface area contributed by atoms with E-state index in [1.165, 1.54) is 17.7 Å². The number of hydrogen-bond donors (Lipinski definition) is 1. The van der Waals surface area contributed by atoms with Crippen LogP contribution in [0.1, 0.15) is 18.5 Å². The molecule has 0 saturated carbocycles. The van der Waals surface area contributed by atoms with E-state index in [9.17, 15) is 12.8 Å². The summed E-state index contributed by atoms with van der Waals surface area (Å²) in [5.74, 6) is -0.524. The van der Waals surface area contributed by atoms with Crippen LogP contribution in [0.2, 0.25) is 5.15 Å². The molecule has 3 aromatic carbocycles. The zero-order valence-corrected chi connectivity index (χ0v) is 24.5. The Morgan fingerprint density at radius 2 is 1.62 bits per heavy atom. The van der Waals surface area contributed by atoms with E-state index in [2.05, 4.69) is 61.7 Å². The molecule has 1 aliphatic rings. The molecule has 0 radical (unpaired) electrons. The van der Waals surface area contributed by atoms with Gasteiger partial charge in [0.2, 0.25) is 0 Å². The molecule has 1 atom stereocenters. The van der Waals surface area contributed by atoms with Crippen molar-refractivity contribution >= 4 is 43.9 Å². The minimum Gasteiger partial charge on any atom is -0.368 e. The Morgan fingerprint density at radius 3 is 2.36 bits per heavy atom. The van der Waals surface area contributed by atoms with Gasteiger partial charge in [0.25, 0.3) is 10.0 Å². The molecule has 42 heavy (non-hydrogen) atoms. The van der Waals surface area contributed by atoms with Gasteiger partial charge in [-0.3, -0.25) is 14.6 Å². The monoisotopic (exact) mass is 601 g/mol. The Kier molecular flexibility index (Phi) is 7.81. The van der Waals surface area contributed by atoms with Crippen LogP contribution in [-0.4, -0.2) is 49.5 Å². The number of benzene rings is 3. The summed E-state index contributed by atoms with van der Waals surface area (Å²) in [5.41, 5.74) is 4.96. The average Bonchev–Trinajstić information content (AvgIpc) is 3.02. The molecule has 5 aromatic rings. The number of aromatic nitrogens is 2. The molecule has 0 aliphatic carbocycles. The fourth-order valence-electron chi connectivity index (χ4n) is 5.37. The number of piperazine rings is 1. The molecule has 1 saturated heterocycles. The first-order valence-corrected chi connectivity index (χ1v) is 15.5. The zero-order chi connectivity index (χ0) is 29.3. The second-order valence-corrected chi connectivity index (χ2v) is 12.3. The van der Waals surface area contributed by atoms with Gasteiger partial charge < -0.3 is 4.90 Å². The van der Waals surface area contributed by atoms with Crippen LogP contribution >= 0.6 is 11.6 Å². The maximum atomic E-state index is 13.3. The van der Waals surface area contributed by atoms with Gasteiger partial charge in [0.1, 0.15) is 5.82 Å². The van der Waals surface area contributed by atoms with Gasteiger partial charge in [0.05, 0.1) is 16.1 Å². The first kappa shape index (κ1) is 28.1. The van der Waals surface area contributed by atoms with E-state index in [4.69, 9.17) is 11.6 Å². The Hall–Kier alpha value is -4.05. The quantitative estimate of drug-likeness (QED) is 0.207. The van der Waals surface area contributed by atoms with Gasteiger partial charge in [-0.15, -0.1) is 0 Å². The summed E-state index contributed by atoms with van der Waals surface area (Å²) in [5, 5.41) is 1.01. The lowest BCUT2D eigenvalue weighted by Crippen LogP contribution is -2.47. The molecule has 3 heterocycles. The van der Waals surface area contributed by atoms with Crippen molar-refractivity contribution in [1.82, 2.24) is 14.9 Å². The molecule has 1 unspecified atom stereocenters. The zero-order valence-electron chi connectivity index (χ0n) is 22.9. The van der Waals surface area contributed by atoms with Crippen molar-refractivity contribution in [1.29, 1.82) is 0 Å². The highest BCUT2D eigenvalue weighted by atomic mass is 35.5. The molecule has 0 bridgehead atoms. The molecule has 1 N–H and O–H groups in total. The van der Waals surface area contributed by atoms with Gasteiger partial charge >= 0.3 is 0 Å². The van der Waals surface area contributed by atoms with Crippen molar-refractivity contribution in [3.05, 3.63) is 114 Å². The summed E-state index contributed by atoms with van der Waals surface area (Å²) in [6.45, 7) is 5.92. The summed E-state index contributed by atoms with van der Waals surface area (Å²) in [6.07, 6.45) is 3.45. The first-order chi connectivity index (χ1) is 20.3. The number of nitrogens with one attached hydrogen (secondary N) is 1. The molecule has 6 rings (SSSR count). The number of nitrogens with zero attached hydrogens (tertiary/aromatic N) is 4. The smallest absolute Gasteiger partial charge is 0.261 e. The molecular formula is C32H29ClFN5O2S. The topological polar surface area (TPSA) is 78.4 Å². The minimum atomic E-state index is -4.00. The van der Waals surface area contributed by atoms with Crippen molar-refractivity contribution in [2.75, 3.05) is 35.8 Å². The molecule has 214 valence electrons. The molecule has 7 nitrogen and oxygen atoms in total. The van der Waals surface area contributed by atoms with E-state index in [1.54, 1.807) is 12.3 Å². The molecule has 0 spiro atoms. The third-order valence-corrected chi connectivity index (χ3v) is 9.43. The summed E-state index contributed by atoms with van der Waals surface area (Å²) >= 11 is 6.28. The van der Waals surface area contributed by atoms with E-state index in [0.717, 1.165) is 60.5 Å². The van der Waals surface area contributed by atoms with E-state index in [-0.39, 0.29) is 15.7 Å². The van der Waals surface area contributed by atoms with E-state index >= 15 is 0 Å². The lowest BCUT2D eigenvalue weighted by molar-refractivity contribution is 0.198. The van der Waals surface area contributed by atoms with E-state index in [0.29, 0.717) is 11.6 Å². The van der Waals surface area contributed by atoms with Crippen molar-refractivity contribution < 1.29 is 12.8 Å². The Bertz CT molecular complexity index is 1830. The second kappa shape index (κ2) is 11.7. The summed E-state index contributed by atoms with van der Waals surface area (Å²) < 4.78 is 41.6. The van der Waals surface area contributed by atoms with E-state index in [1.807, 2.05) is 30.5 Å². The lowest BCUT2D eigenvalue weighted by atomic mass is 10.0. The first-order valence-electron chi connectivity index (χ1n) is 13.7. The normalized spacial score (nSPS) is 15.1. The van der Waals surface area contributed by atoms with Crippen LogP contribution in [0.15, 0.2) is 102 Å². The van der Waals surface area contributed by atoms with Gasteiger partial charge in [0.15, 0.2) is 5.15 Å². The van der Waals surface area contributed by atoms with Crippen LogP contribution in [0.5, 0.6) is 0 Å². The van der Waals surface area contributed by atoms with Gasteiger partial charge in [-0.25, -0.2) is 17.8 Å². The van der Waals surface area contributed by atoms with Gasteiger partial charge in [0, 0.05) is 61.3 Å². The van der Waals surface area contributed by atoms with Crippen molar-refractivity contribution in [2.24, 2.45) is 0 Å². The van der Waals surface area contributed by atoms with Crippen LogP contribution in [0, 0.1) is 5.82 Å². The standard InChI is InChI=1S/C32H29ClFN5O2S/c1-22(23-5-3-2-4-6-23)38-15-17-39(18-16-38)31-13-14-35-29-12-7-24(19-28(29)31)25-20-30(32(33)36-21-25)37-42(40,41)27-10-8-26(34)9-11-27/h2-14,19-22,37H,15-18H2,1H3. The number of hydrogen-bond acceptors (Lipinski definition) is 6. The highest BCUT2D eigenvalue weighted by Crippen LogP contribution is 2.34. The third kappa shape index (κ3) is 5.81. The number of pyridine rings is 2. The summed E-state index contributed by atoms with van der Waals surface area (Å²) in [7, 11) is -4.00. The van der Waals surface area contributed by atoms with Crippen LogP contribution in [0.3, 0.4) is 0 Å². The molecule has 2 aromatic heterocycles. The number of sulfonamides is 1. The fourth-order valence-corrected chi connectivity index (χ4v) is 6.64. The Balaban J connectivity index is 1.25. The molecule has 1 fully saturated rings. The van der Waals surface area contributed by atoms with Gasteiger partial charge in [-0.2, -0.15) is 0 Å². The van der Waals surface area contributed by atoms with Crippen molar-refractivity contribution in [2.45, 2.75) is 17.9 Å². The number of halogens is 2. The third-order valence-electron chi connectivity index (χ3n) is 7.74. The summed E-state index contributed by atoms with van der Waals surface area (Å²) in [4.78, 5) is 13.6. The van der Waals surface area contributed by atoms with Crippen LogP contribution < -0.4 is 9.62 Å². The van der Waals surface area contributed by atoms with Gasteiger partial charge in [-0.05, 0) is 66.6 Å². The van der Waals surface area contributed by atoms with Crippen LogP contribution in [0.4, 0.5) is 15.8 Å². The van der Waals surface area contributed by atoms with Crippen LogP contribution in [0.25, 0.3) is 22.0 Å². The fraction of sp³-hybridized carbons (Fsp3) is 0.188. The highest BCUT2D eigenvalue weighted by molar-refractivity contribution is 7.92. The predicted octanol–water partition coefficient (Wildman–Crippen LogP) is 6.77.